The first-order valence-electron chi connectivity index (χ1n) is 6.66. The van der Waals surface area contributed by atoms with E-state index in [0.717, 1.165) is 12.8 Å². The van der Waals surface area contributed by atoms with Crippen molar-refractivity contribution in [1.29, 1.82) is 0 Å². The second-order valence-electron chi connectivity index (χ2n) is 6.41. The minimum Gasteiger partial charge on any atom is -0.459 e. The van der Waals surface area contributed by atoms with Crippen molar-refractivity contribution in [2.45, 2.75) is 52.6 Å². The molecule has 0 aromatic carbocycles. The van der Waals surface area contributed by atoms with E-state index in [-0.39, 0.29) is 23.3 Å². The third-order valence-corrected chi connectivity index (χ3v) is 5.93. The van der Waals surface area contributed by atoms with Gasteiger partial charge in [0.2, 0.25) is 0 Å². The molecule has 3 aliphatic rings. The van der Waals surface area contributed by atoms with Crippen molar-refractivity contribution in [2.75, 3.05) is 0 Å². The number of rotatable bonds is 1. The van der Waals surface area contributed by atoms with Gasteiger partial charge in [0, 0.05) is 5.41 Å². The molecule has 5 atom stereocenters. The van der Waals surface area contributed by atoms with Crippen LogP contribution in [0.1, 0.15) is 46.5 Å². The number of fused-ring (bicyclic) bond motifs is 3. The van der Waals surface area contributed by atoms with Crippen molar-refractivity contribution in [1.82, 2.24) is 0 Å². The van der Waals surface area contributed by atoms with Crippen molar-refractivity contribution < 1.29 is 14.3 Å². The Labute approximate surface area is 102 Å². The first-order valence-corrected chi connectivity index (χ1v) is 6.66. The highest BCUT2D eigenvalue weighted by Crippen LogP contribution is 2.66. The summed E-state index contributed by atoms with van der Waals surface area (Å²) in [6, 6.07) is 0. The van der Waals surface area contributed by atoms with E-state index in [1.165, 1.54) is 12.8 Å². The topological polar surface area (TPSA) is 43.4 Å². The maximum absolute atomic E-state index is 11.9. The highest BCUT2D eigenvalue weighted by atomic mass is 16.6. The minimum atomic E-state index is -0.780. The molecule has 0 spiro atoms. The lowest BCUT2D eigenvalue weighted by Crippen LogP contribution is -2.62. The van der Waals surface area contributed by atoms with E-state index in [0.29, 0.717) is 11.8 Å². The van der Waals surface area contributed by atoms with Gasteiger partial charge in [-0.15, -0.1) is 0 Å². The number of carbonyl (C=O) groups excluding carboxylic acids is 2. The van der Waals surface area contributed by atoms with E-state index >= 15 is 0 Å². The van der Waals surface area contributed by atoms with Crippen molar-refractivity contribution in [3.05, 3.63) is 0 Å². The summed E-state index contributed by atoms with van der Waals surface area (Å²) in [6.45, 7) is 6.02. The first kappa shape index (κ1) is 11.2. The van der Waals surface area contributed by atoms with E-state index in [1.54, 1.807) is 6.92 Å². The van der Waals surface area contributed by atoms with Gasteiger partial charge < -0.3 is 4.74 Å². The van der Waals surface area contributed by atoms with Crippen LogP contribution in [0.15, 0.2) is 0 Å². The molecule has 2 saturated carbocycles. The number of carbonyl (C=O) groups is 2. The van der Waals surface area contributed by atoms with Crippen LogP contribution >= 0.6 is 0 Å². The molecule has 1 aliphatic heterocycles. The second kappa shape index (κ2) is 3.12. The maximum Gasteiger partial charge on any atom is 0.323 e. The van der Waals surface area contributed by atoms with Gasteiger partial charge in [-0.2, -0.15) is 0 Å². The van der Waals surface area contributed by atoms with Crippen LogP contribution in [0.25, 0.3) is 0 Å². The molecule has 3 heteroatoms. The number of ether oxygens (including phenoxy) is 1. The van der Waals surface area contributed by atoms with Crippen LogP contribution in [0, 0.1) is 22.7 Å². The molecular formula is C14H20O3. The van der Waals surface area contributed by atoms with Gasteiger partial charge >= 0.3 is 5.97 Å². The van der Waals surface area contributed by atoms with Crippen molar-refractivity contribution in [3.8, 4) is 0 Å². The first-order chi connectivity index (χ1) is 7.94. The standard InChI is InChI=1S/C14H20O3/c1-8-5-4-6-10-7-14(9(2)15)11(13(8,10)3)17-12(14)16/h8,10-11H,4-7H2,1-3H3/t8-,10+,11-,13+,14-/m0/s1. The molecule has 3 fully saturated rings. The van der Waals surface area contributed by atoms with E-state index in [2.05, 4.69) is 13.8 Å². The minimum absolute atomic E-state index is 0.0153. The van der Waals surface area contributed by atoms with Gasteiger partial charge in [0.05, 0.1) is 0 Å². The summed E-state index contributed by atoms with van der Waals surface area (Å²) in [5, 5.41) is 0. The molecule has 0 aromatic rings. The SMILES string of the molecule is CC(=O)[C@@]12C[C@H]3CCC[C@H](C)[C@@]3(C)[C@@H]1OC2=O. The predicted octanol–water partition coefficient (Wildman–Crippen LogP) is 2.33. The number of esters is 1. The van der Waals surface area contributed by atoms with E-state index in [1.807, 2.05) is 0 Å². The van der Waals surface area contributed by atoms with Crippen LogP contribution in [0.5, 0.6) is 0 Å². The maximum atomic E-state index is 11.9. The Kier molecular flexibility index (Phi) is 2.06. The van der Waals surface area contributed by atoms with Crippen LogP contribution < -0.4 is 0 Å². The average Bonchev–Trinajstić information content (AvgIpc) is 2.48. The molecule has 94 valence electrons. The van der Waals surface area contributed by atoms with Crippen LogP contribution in [0.4, 0.5) is 0 Å². The number of hydrogen-bond donors (Lipinski definition) is 0. The summed E-state index contributed by atoms with van der Waals surface area (Å²) >= 11 is 0. The zero-order chi connectivity index (χ0) is 12.4. The normalized spacial score (nSPS) is 52.2. The van der Waals surface area contributed by atoms with Crippen molar-refractivity contribution in [2.24, 2.45) is 22.7 Å². The van der Waals surface area contributed by atoms with Gasteiger partial charge in [0.1, 0.15) is 6.10 Å². The van der Waals surface area contributed by atoms with Gasteiger partial charge in [0.15, 0.2) is 11.2 Å². The van der Waals surface area contributed by atoms with E-state index < -0.39 is 5.41 Å². The summed E-state index contributed by atoms with van der Waals surface area (Å²) in [4.78, 5) is 23.8. The Morgan fingerprint density at radius 1 is 1.41 bits per heavy atom. The lowest BCUT2D eigenvalue weighted by molar-refractivity contribution is -0.217. The third-order valence-electron chi connectivity index (χ3n) is 5.93. The molecular weight excluding hydrogens is 216 g/mol. The molecule has 1 heterocycles. The number of hydrogen-bond acceptors (Lipinski definition) is 3. The summed E-state index contributed by atoms with van der Waals surface area (Å²) in [7, 11) is 0. The monoisotopic (exact) mass is 236 g/mol. The summed E-state index contributed by atoms with van der Waals surface area (Å²) in [5.74, 6) is 0.770. The largest absolute Gasteiger partial charge is 0.459 e. The van der Waals surface area contributed by atoms with E-state index in [4.69, 9.17) is 4.74 Å². The molecule has 0 bridgehead atoms. The van der Waals surface area contributed by atoms with Gasteiger partial charge in [-0.05, 0) is 31.6 Å². The van der Waals surface area contributed by atoms with Gasteiger partial charge in [-0.25, -0.2) is 0 Å². The molecule has 0 unspecified atom stereocenters. The van der Waals surface area contributed by atoms with Gasteiger partial charge in [-0.3, -0.25) is 9.59 Å². The molecule has 0 N–H and O–H groups in total. The zero-order valence-electron chi connectivity index (χ0n) is 10.8. The molecule has 1 saturated heterocycles. The van der Waals surface area contributed by atoms with E-state index in [9.17, 15) is 9.59 Å². The smallest absolute Gasteiger partial charge is 0.323 e. The fourth-order valence-corrected chi connectivity index (χ4v) is 4.56. The third kappa shape index (κ3) is 1.04. The van der Waals surface area contributed by atoms with Gasteiger partial charge in [0.25, 0.3) is 0 Å². The Balaban J connectivity index is 2.05. The lowest BCUT2D eigenvalue weighted by Gasteiger charge is -2.50. The van der Waals surface area contributed by atoms with Crippen LogP contribution in [-0.2, 0) is 14.3 Å². The number of ketones is 1. The average molecular weight is 236 g/mol. The zero-order valence-corrected chi connectivity index (χ0v) is 10.8. The molecule has 0 radical (unpaired) electrons. The fraction of sp³-hybridized carbons (Fsp3) is 0.857. The predicted molar refractivity (Wildman–Crippen MR) is 62.2 cm³/mol. The Bertz CT molecular complexity index is 392. The summed E-state index contributed by atoms with van der Waals surface area (Å²) in [5.41, 5.74) is -0.754. The second-order valence-corrected chi connectivity index (χ2v) is 6.41. The highest BCUT2D eigenvalue weighted by Gasteiger charge is 2.75. The number of Topliss-reactive ketones (excluding diaryl/α,β-unsaturated/α-hetero) is 1. The quantitative estimate of drug-likeness (QED) is 0.518. The molecule has 2 aliphatic carbocycles. The summed E-state index contributed by atoms with van der Waals surface area (Å²) in [6.07, 6.45) is 4.13. The Morgan fingerprint density at radius 2 is 2.12 bits per heavy atom. The molecule has 3 rings (SSSR count). The highest BCUT2D eigenvalue weighted by molar-refractivity contribution is 6.07. The summed E-state index contributed by atoms with van der Waals surface area (Å²) < 4.78 is 5.41. The van der Waals surface area contributed by atoms with Crippen molar-refractivity contribution >= 4 is 11.8 Å². The van der Waals surface area contributed by atoms with Crippen LogP contribution in [0.2, 0.25) is 0 Å². The molecule has 17 heavy (non-hydrogen) atoms. The fourth-order valence-electron chi connectivity index (χ4n) is 4.56. The molecule has 0 amide bonds. The van der Waals surface area contributed by atoms with Crippen LogP contribution in [-0.4, -0.2) is 17.9 Å². The van der Waals surface area contributed by atoms with Crippen molar-refractivity contribution in [3.63, 3.8) is 0 Å². The Hall–Kier alpha value is -0.860. The Morgan fingerprint density at radius 3 is 2.71 bits per heavy atom. The molecule has 0 aromatic heterocycles. The van der Waals surface area contributed by atoms with Gasteiger partial charge in [-0.1, -0.05) is 26.7 Å². The van der Waals surface area contributed by atoms with Crippen LogP contribution in [0.3, 0.4) is 0 Å². The lowest BCUT2D eigenvalue weighted by atomic mass is 9.60. The molecule has 3 nitrogen and oxygen atoms in total.